The summed E-state index contributed by atoms with van der Waals surface area (Å²) in [5.74, 6) is 0.210. The van der Waals surface area contributed by atoms with Gasteiger partial charge in [0, 0.05) is 24.6 Å². The van der Waals surface area contributed by atoms with E-state index < -0.39 is 10.0 Å². The lowest BCUT2D eigenvalue weighted by Gasteiger charge is -2.14. The zero-order chi connectivity index (χ0) is 15.5. The van der Waals surface area contributed by atoms with E-state index in [1.54, 1.807) is 20.0 Å². The largest absolute Gasteiger partial charge is 0.385 e. The van der Waals surface area contributed by atoms with Crippen molar-refractivity contribution in [2.45, 2.75) is 32.1 Å². The minimum atomic E-state index is -3.65. The quantitative estimate of drug-likeness (QED) is 0.765. The summed E-state index contributed by atoms with van der Waals surface area (Å²) in [5, 5.41) is 3.27. The lowest BCUT2D eigenvalue weighted by atomic mass is 10.1. The third kappa shape index (κ3) is 3.55. The Bertz CT molecular complexity index is 686. The average Bonchev–Trinajstić information content (AvgIpc) is 2.87. The van der Waals surface area contributed by atoms with Crippen LogP contribution in [0.1, 0.15) is 24.5 Å². The van der Waals surface area contributed by atoms with Gasteiger partial charge in [0.1, 0.15) is 0 Å². The summed E-state index contributed by atoms with van der Waals surface area (Å²) in [6.45, 7) is 6.52. The molecule has 6 nitrogen and oxygen atoms in total. The molecule has 0 aliphatic rings. The van der Waals surface area contributed by atoms with Crippen molar-refractivity contribution >= 4 is 21.7 Å². The zero-order valence-corrected chi connectivity index (χ0v) is 13.2. The van der Waals surface area contributed by atoms with Crippen molar-refractivity contribution < 1.29 is 8.42 Å². The Morgan fingerprint density at radius 3 is 2.43 bits per heavy atom. The topological polar surface area (TPSA) is 86.9 Å². The van der Waals surface area contributed by atoms with Crippen LogP contribution in [0.2, 0.25) is 0 Å². The summed E-state index contributed by atoms with van der Waals surface area (Å²) in [4.78, 5) is 6.91. The fourth-order valence-electron chi connectivity index (χ4n) is 2.24. The number of rotatable bonds is 6. The van der Waals surface area contributed by atoms with Gasteiger partial charge >= 0.3 is 0 Å². The number of hydrogen-bond donors (Lipinski definition) is 3. The third-order valence-corrected chi connectivity index (χ3v) is 4.68. The number of aromatic nitrogens is 2. The monoisotopic (exact) mass is 308 g/mol. The van der Waals surface area contributed by atoms with Crippen LogP contribution in [-0.2, 0) is 10.0 Å². The van der Waals surface area contributed by atoms with Gasteiger partial charge in [0.15, 0.2) is 0 Å². The molecule has 0 spiro atoms. The molecule has 3 N–H and O–H groups in total. The van der Waals surface area contributed by atoms with Crippen LogP contribution in [0, 0.1) is 13.8 Å². The Hall–Kier alpha value is -2.02. The van der Waals surface area contributed by atoms with Gasteiger partial charge in [0.2, 0.25) is 5.95 Å². The molecule has 1 aromatic heterocycles. The molecule has 0 bridgehead atoms. The normalized spacial score (nSPS) is 11.4. The molecule has 2 aromatic rings. The highest BCUT2D eigenvalue weighted by atomic mass is 32.2. The van der Waals surface area contributed by atoms with Gasteiger partial charge in [-0.1, -0.05) is 6.92 Å². The second kappa shape index (κ2) is 6.17. The van der Waals surface area contributed by atoms with Crippen molar-refractivity contribution in [3.63, 3.8) is 0 Å². The minimum Gasteiger partial charge on any atom is -0.385 e. The van der Waals surface area contributed by atoms with Crippen molar-refractivity contribution in [1.29, 1.82) is 0 Å². The third-order valence-electron chi connectivity index (χ3n) is 3.04. The SMILES string of the molecule is CCCNc1cc(C)c(S(=O)(=O)Nc2ncc[nH]2)c(C)c1. The summed E-state index contributed by atoms with van der Waals surface area (Å²) in [5.41, 5.74) is 2.34. The van der Waals surface area contributed by atoms with Gasteiger partial charge in [-0.25, -0.2) is 18.1 Å². The number of H-pyrrole nitrogens is 1. The predicted molar refractivity (Wildman–Crippen MR) is 84.1 cm³/mol. The molecule has 0 unspecified atom stereocenters. The van der Waals surface area contributed by atoms with Gasteiger partial charge in [0.25, 0.3) is 10.0 Å². The number of imidazole rings is 1. The number of aromatic amines is 1. The lowest BCUT2D eigenvalue weighted by Crippen LogP contribution is -2.17. The van der Waals surface area contributed by atoms with Crippen LogP contribution >= 0.6 is 0 Å². The van der Waals surface area contributed by atoms with E-state index in [2.05, 4.69) is 26.9 Å². The molecule has 114 valence electrons. The first kappa shape index (κ1) is 15.4. The highest BCUT2D eigenvalue weighted by Crippen LogP contribution is 2.25. The smallest absolute Gasteiger partial charge is 0.264 e. The molecule has 0 radical (unpaired) electrons. The number of sulfonamides is 1. The zero-order valence-electron chi connectivity index (χ0n) is 12.4. The second-order valence-electron chi connectivity index (χ2n) is 4.91. The van der Waals surface area contributed by atoms with E-state index in [9.17, 15) is 8.42 Å². The molecular formula is C14H20N4O2S. The number of nitrogens with zero attached hydrogens (tertiary/aromatic N) is 1. The first-order valence-electron chi connectivity index (χ1n) is 6.81. The molecule has 0 amide bonds. The highest BCUT2D eigenvalue weighted by molar-refractivity contribution is 7.92. The molecule has 0 fully saturated rings. The van der Waals surface area contributed by atoms with E-state index in [1.807, 2.05) is 12.1 Å². The van der Waals surface area contributed by atoms with E-state index >= 15 is 0 Å². The van der Waals surface area contributed by atoms with E-state index in [4.69, 9.17) is 0 Å². The molecular weight excluding hydrogens is 288 g/mol. The fourth-order valence-corrected chi connectivity index (χ4v) is 3.68. The maximum Gasteiger partial charge on any atom is 0.264 e. The van der Waals surface area contributed by atoms with E-state index in [1.165, 1.54) is 6.20 Å². The van der Waals surface area contributed by atoms with Crippen LogP contribution in [0.5, 0.6) is 0 Å². The Morgan fingerprint density at radius 1 is 1.24 bits per heavy atom. The average molecular weight is 308 g/mol. The van der Waals surface area contributed by atoms with Crippen molar-refractivity contribution in [2.75, 3.05) is 16.6 Å². The molecule has 0 saturated carbocycles. The Labute approximate surface area is 125 Å². The maximum atomic E-state index is 12.5. The van der Waals surface area contributed by atoms with Crippen molar-refractivity contribution in [1.82, 2.24) is 9.97 Å². The molecule has 0 saturated heterocycles. The number of hydrogen-bond acceptors (Lipinski definition) is 4. The van der Waals surface area contributed by atoms with Gasteiger partial charge in [-0.05, 0) is 43.5 Å². The molecule has 1 heterocycles. The van der Waals surface area contributed by atoms with Gasteiger partial charge in [-0.15, -0.1) is 0 Å². The van der Waals surface area contributed by atoms with Gasteiger partial charge < -0.3 is 10.3 Å². The van der Waals surface area contributed by atoms with Crippen LogP contribution in [0.3, 0.4) is 0 Å². The summed E-state index contributed by atoms with van der Waals surface area (Å²) in [6, 6.07) is 3.69. The number of aryl methyl sites for hydroxylation is 2. The van der Waals surface area contributed by atoms with Crippen LogP contribution in [0.15, 0.2) is 29.4 Å². The van der Waals surface area contributed by atoms with E-state index in [0.29, 0.717) is 16.0 Å². The lowest BCUT2D eigenvalue weighted by molar-refractivity contribution is 0.599. The summed E-state index contributed by atoms with van der Waals surface area (Å²) in [6.07, 6.45) is 4.07. The first-order valence-corrected chi connectivity index (χ1v) is 8.29. The van der Waals surface area contributed by atoms with Crippen LogP contribution in [0.4, 0.5) is 11.6 Å². The fraction of sp³-hybridized carbons (Fsp3) is 0.357. The molecule has 21 heavy (non-hydrogen) atoms. The van der Waals surface area contributed by atoms with Gasteiger partial charge in [-0.2, -0.15) is 0 Å². The maximum absolute atomic E-state index is 12.5. The molecule has 0 aliphatic heterocycles. The van der Waals surface area contributed by atoms with Gasteiger partial charge in [0.05, 0.1) is 4.90 Å². The van der Waals surface area contributed by atoms with Crippen LogP contribution in [0.25, 0.3) is 0 Å². The number of anilines is 2. The second-order valence-corrected chi connectivity index (χ2v) is 6.53. The molecule has 1 aromatic carbocycles. The molecule has 2 rings (SSSR count). The number of nitrogens with one attached hydrogen (secondary N) is 3. The summed E-state index contributed by atoms with van der Waals surface area (Å²) < 4.78 is 27.4. The number of benzene rings is 1. The Kier molecular flexibility index (Phi) is 4.52. The van der Waals surface area contributed by atoms with Gasteiger partial charge in [-0.3, -0.25) is 0 Å². The molecule has 7 heteroatoms. The Morgan fingerprint density at radius 2 is 1.90 bits per heavy atom. The summed E-state index contributed by atoms with van der Waals surface area (Å²) in [7, 11) is -3.65. The van der Waals surface area contributed by atoms with Crippen molar-refractivity contribution in [3.8, 4) is 0 Å². The van der Waals surface area contributed by atoms with Crippen molar-refractivity contribution in [2.24, 2.45) is 0 Å². The molecule has 0 atom stereocenters. The minimum absolute atomic E-state index is 0.210. The standard InChI is InChI=1S/C14H20N4O2S/c1-4-5-15-12-8-10(2)13(11(3)9-12)21(19,20)18-14-16-6-7-17-14/h6-9,15H,4-5H2,1-3H3,(H2,16,17,18). The van der Waals surface area contributed by atoms with Crippen LogP contribution in [-0.4, -0.2) is 24.9 Å². The molecule has 0 aliphatic carbocycles. The van der Waals surface area contributed by atoms with Crippen molar-refractivity contribution in [3.05, 3.63) is 35.7 Å². The first-order chi connectivity index (χ1) is 9.94. The van der Waals surface area contributed by atoms with Crippen LogP contribution < -0.4 is 10.0 Å². The van der Waals surface area contributed by atoms with E-state index in [-0.39, 0.29) is 5.95 Å². The Balaban J connectivity index is 2.35. The highest BCUT2D eigenvalue weighted by Gasteiger charge is 2.21. The predicted octanol–water partition coefficient (Wildman–Crippen LogP) is 2.65. The summed E-state index contributed by atoms with van der Waals surface area (Å²) >= 11 is 0. The van der Waals surface area contributed by atoms with E-state index in [0.717, 1.165) is 18.7 Å².